The normalized spacial score (nSPS) is 17.0. The fourth-order valence-electron chi connectivity index (χ4n) is 0.992. The molecule has 6 nitrogen and oxygen atoms in total. The first-order valence-electron chi connectivity index (χ1n) is 4.15. The molecule has 2 atom stereocenters. The van der Waals surface area contributed by atoms with Crippen LogP contribution in [0.3, 0.4) is 0 Å². The molecule has 0 aliphatic rings. The highest BCUT2D eigenvalue weighted by Crippen LogP contribution is 2.03. The first-order chi connectivity index (χ1) is 7.09. The van der Waals surface area contributed by atoms with Crippen molar-refractivity contribution in [1.82, 2.24) is 9.44 Å². The predicted octanol–water partition coefficient (Wildman–Crippen LogP) is -0.700. The standard InChI is InChI=1S/C6H14Cl2N2O4S2/c1-15(11,12)9-5(3-7)6(4-8)10-16(2,13)14/h5-6,9-10H,3-4H2,1-2H3. The minimum atomic E-state index is -3.47. The number of halogens is 2. The summed E-state index contributed by atoms with van der Waals surface area (Å²) in [7, 11) is -6.95. The summed E-state index contributed by atoms with van der Waals surface area (Å²) in [6.45, 7) is 0. The molecule has 98 valence electrons. The third-order valence-electron chi connectivity index (χ3n) is 1.55. The largest absolute Gasteiger partial charge is 0.213 e. The van der Waals surface area contributed by atoms with Crippen LogP contribution < -0.4 is 9.44 Å². The zero-order valence-corrected chi connectivity index (χ0v) is 11.9. The molecule has 0 heterocycles. The van der Waals surface area contributed by atoms with Crippen molar-refractivity contribution in [3.05, 3.63) is 0 Å². The van der Waals surface area contributed by atoms with Gasteiger partial charge in [0.05, 0.1) is 24.6 Å². The van der Waals surface area contributed by atoms with E-state index >= 15 is 0 Å². The van der Waals surface area contributed by atoms with Gasteiger partial charge in [-0.05, 0) is 0 Å². The van der Waals surface area contributed by atoms with Gasteiger partial charge in [-0.2, -0.15) is 0 Å². The van der Waals surface area contributed by atoms with Crippen molar-refractivity contribution in [2.75, 3.05) is 24.3 Å². The third kappa shape index (κ3) is 7.64. The van der Waals surface area contributed by atoms with Crippen LogP contribution >= 0.6 is 23.2 Å². The molecular weight excluding hydrogens is 299 g/mol. The molecule has 2 N–H and O–H groups in total. The van der Waals surface area contributed by atoms with Gasteiger partial charge in [0.15, 0.2) is 0 Å². The molecule has 0 fully saturated rings. The molecule has 0 aliphatic carbocycles. The molecule has 0 bridgehead atoms. The fourth-order valence-corrected chi connectivity index (χ4v) is 3.35. The molecule has 16 heavy (non-hydrogen) atoms. The van der Waals surface area contributed by atoms with E-state index in [-0.39, 0.29) is 11.8 Å². The Morgan fingerprint density at radius 1 is 0.875 bits per heavy atom. The summed E-state index contributed by atoms with van der Waals surface area (Å²) < 4.78 is 48.4. The Bertz CT molecular complexity index is 368. The minimum absolute atomic E-state index is 0.0903. The van der Waals surface area contributed by atoms with Crippen LogP contribution in [0, 0.1) is 0 Å². The molecule has 0 saturated carbocycles. The van der Waals surface area contributed by atoms with E-state index < -0.39 is 32.1 Å². The van der Waals surface area contributed by atoms with Gasteiger partial charge in [0.25, 0.3) is 0 Å². The summed E-state index contributed by atoms with van der Waals surface area (Å²) in [5.74, 6) is -0.181. The van der Waals surface area contributed by atoms with E-state index in [0.717, 1.165) is 12.5 Å². The van der Waals surface area contributed by atoms with Crippen molar-refractivity contribution >= 4 is 43.2 Å². The van der Waals surface area contributed by atoms with Gasteiger partial charge >= 0.3 is 0 Å². The summed E-state index contributed by atoms with van der Waals surface area (Å²) in [5, 5.41) is 0. The van der Waals surface area contributed by atoms with Crippen molar-refractivity contribution in [3.63, 3.8) is 0 Å². The Balaban J connectivity index is 4.77. The quantitative estimate of drug-likeness (QED) is 0.608. The molecule has 0 aliphatic heterocycles. The van der Waals surface area contributed by atoms with Gasteiger partial charge in [0, 0.05) is 11.8 Å². The summed E-state index contributed by atoms with van der Waals surface area (Å²) in [5.41, 5.74) is 0. The van der Waals surface area contributed by atoms with E-state index in [9.17, 15) is 16.8 Å². The molecule has 0 saturated heterocycles. The van der Waals surface area contributed by atoms with Gasteiger partial charge < -0.3 is 0 Å². The minimum Gasteiger partial charge on any atom is -0.213 e. The Labute approximate surface area is 106 Å². The highest BCUT2D eigenvalue weighted by atomic mass is 35.5. The second-order valence-corrected chi connectivity index (χ2v) is 7.48. The Morgan fingerprint density at radius 2 is 1.12 bits per heavy atom. The summed E-state index contributed by atoms with van der Waals surface area (Å²) in [4.78, 5) is 0. The third-order valence-corrected chi connectivity index (χ3v) is 3.68. The van der Waals surface area contributed by atoms with E-state index in [2.05, 4.69) is 9.44 Å². The van der Waals surface area contributed by atoms with Crippen molar-refractivity contribution in [1.29, 1.82) is 0 Å². The number of hydrogen-bond acceptors (Lipinski definition) is 4. The van der Waals surface area contributed by atoms with Crippen LogP contribution in [0.2, 0.25) is 0 Å². The van der Waals surface area contributed by atoms with Crippen LogP contribution in [0.5, 0.6) is 0 Å². The SMILES string of the molecule is CS(=O)(=O)NC(CCl)C(CCl)NS(C)(=O)=O. The number of sulfonamides is 2. The first-order valence-corrected chi connectivity index (χ1v) is 9.00. The van der Waals surface area contributed by atoms with E-state index in [0.29, 0.717) is 0 Å². The maximum atomic E-state index is 11.0. The lowest BCUT2D eigenvalue weighted by Crippen LogP contribution is -2.53. The van der Waals surface area contributed by atoms with Crippen LogP contribution in [0.15, 0.2) is 0 Å². The van der Waals surface area contributed by atoms with Crippen LogP contribution in [0.1, 0.15) is 0 Å². The van der Waals surface area contributed by atoms with Crippen molar-refractivity contribution < 1.29 is 16.8 Å². The maximum absolute atomic E-state index is 11.0. The van der Waals surface area contributed by atoms with Gasteiger partial charge in [0.2, 0.25) is 20.0 Å². The van der Waals surface area contributed by atoms with Gasteiger partial charge in [-0.3, -0.25) is 0 Å². The number of alkyl halides is 2. The Kier molecular flexibility index (Phi) is 6.52. The molecule has 0 aromatic carbocycles. The van der Waals surface area contributed by atoms with Gasteiger partial charge in [-0.25, -0.2) is 26.3 Å². The average molecular weight is 313 g/mol. The van der Waals surface area contributed by atoms with E-state index in [1.54, 1.807) is 0 Å². The Hall–Kier alpha value is 0.400. The van der Waals surface area contributed by atoms with E-state index in [4.69, 9.17) is 23.2 Å². The molecule has 0 spiro atoms. The highest BCUT2D eigenvalue weighted by Gasteiger charge is 2.25. The van der Waals surface area contributed by atoms with E-state index in [1.807, 2.05) is 0 Å². The molecule has 0 aromatic rings. The number of rotatable bonds is 7. The smallest absolute Gasteiger partial charge is 0.209 e. The predicted molar refractivity (Wildman–Crippen MR) is 65.0 cm³/mol. The second kappa shape index (κ2) is 6.36. The molecule has 0 radical (unpaired) electrons. The van der Waals surface area contributed by atoms with Gasteiger partial charge in [-0.15, -0.1) is 23.2 Å². The van der Waals surface area contributed by atoms with Crippen LogP contribution in [-0.2, 0) is 20.0 Å². The van der Waals surface area contributed by atoms with Crippen LogP contribution in [0.4, 0.5) is 0 Å². The van der Waals surface area contributed by atoms with Crippen molar-refractivity contribution in [3.8, 4) is 0 Å². The van der Waals surface area contributed by atoms with Crippen LogP contribution in [-0.4, -0.2) is 53.2 Å². The summed E-state index contributed by atoms with van der Waals surface area (Å²) in [6, 6.07) is -1.58. The van der Waals surface area contributed by atoms with Crippen LogP contribution in [0.25, 0.3) is 0 Å². The molecule has 0 aromatic heterocycles. The monoisotopic (exact) mass is 312 g/mol. The number of nitrogens with one attached hydrogen (secondary N) is 2. The van der Waals surface area contributed by atoms with Crippen molar-refractivity contribution in [2.45, 2.75) is 12.1 Å². The second-order valence-electron chi connectivity index (χ2n) is 3.30. The summed E-state index contributed by atoms with van der Waals surface area (Å²) in [6.07, 6.45) is 1.91. The molecule has 2 unspecified atom stereocenters. The molecule has 0 amide bonds. The first kappa shape index (κ1) is 16.4. The maximum Gasteiger partial charge on any atom is 0.209 e. The summed E-state index contributed by atoms with van der Waals surface area (Å²) >= 11 is 11.1. The molecule has 0 rings (SSSR count). The van der Waals surface area contributed by atoms with Crippen molar-refractivity contribution in [2.24, 2.45) is 0 Å². The number of hydrogen-bond donors (Lipinski definition) is 2. The zero-order chi connectivity index (χ0) is 13.0. The molecule has 10 heteroatoms. The van der Waals surface area contributed by atoms with Gasteiger partial charge in [-0.1, -0.05) is 0 Å². The lowest BCUT2D eigenvalue weighted by Gasteiger charge is -2.23. The zero-order valence-electron chi connectivity index (χ0n) is 8.77. The fraction of sp³-hybridized carbons (Fsp3) is 1.00. The van der Waals surface area contributed by atoms with Gasteiger partial charge in [0.1, 0.15) is 0 Å². The van der Waals surface area contributed by atoms with E-state index in [1.165, 1.54) is 0 Å². The molecular formula is C6H14Cl2N2O4S2. The average Bonchev–Trinajstić information content (AvgIpc) is 2.07. The highest BCUT2D eigenvalue weighted by molar-refractivity contribution is 7.89. The lowest BCUT2D eigenvalue weighted by atomic mass is 10.2. The Morgan fingerprint density at radius 3 is 1.25 bits per heavy atom. The topological polar surface area (TPSA) is 92.3 Å². The lowest BCUT2D eigenvalue weighted by molar-refractivity contribution is 0.497.